The molecule has 1 unspecified atom stereocenters. The second-order valence-corrected chi connectivity index (χ2v) is 7.36. The molecule has 2 aromatic rings. The van der Waals surface area contributed by atoms with E-state index < -0.39 is 0 Å². The van der Waals surface area contributed by atoms with Crippen LogP contribution in [-0.2, 0) is 24.2 Å². The normalized spacial score (nSPS) is 14.8. The van der Waals surface area contributed by atoms with Gasteiger partial charge in [0.2, 0.25) is 5.91 Å². The minimum absolute atomic E-state index is 0.0750. The van der Waals surface area contributed by atoms with Gasteiger partial charge in [0, 0.05) is 38.2 Å². The summed E-state index contributed by atoms with van der Waals surface area (Å²) in [6.45, 7) is 4.85. The van der Waals surface area contributed by atoms with Gasteiger partial charge in [-0.15, -0.1) is 0 Å². The molecule has 0 radical (unpaired) electrons. The molecule has 1 N–H and O–H groups in total. The van der Waals surface area contributed by atoms with E-state index >= 15 is 0 Å². The van der Waals surface area contributed by atoms with Gasteiger partial charge in [-0.2, -0.15) is 0 Å². The van der Waals surface area contributed by atoms with Gasteiger partial charge >= 0.3 is 0 Å². The van der Waals surface area contributed by atoms with E-state index in [0.717, 1.165) is 36.6 Å². The minimum atomic E-state index is 0.0750. The van der Waals surface area contributed by atoms with Crippen molar-refractivity contribution in [3.63, 3.8) is 0 Å². The number of benzene rings is 2. The van der Waals surface area contributed by atoms with Gasteiger partial charge in [-0.05, 0) is 48.6 Å². The van der Waals surface area contributed by atoms with Crippen LogP contribution in [0.3, 0.4) is 0 Å². The van der Waals surface area contributed by atoms with E-state index in [9.17, 15) is 4.79 Å². The summed E-state index contributed by atoms with van der Waals surface area (Å²) < 4.78 is 10.6. The molecule has 0 aliphatic carbocycles. The van der Waals surface area contributed by atoms with Gasteiger partial charge in [0.05, 0.1) is 14.2 Å². The standard InChI is InChI=1S/C23H30N2O3/c1-17(25-11-10-19-6-4-5-7-20(19)16-25)15-24-23(26)9-8-18-12-21(27-2)14-22(13-18)28-3/h4-7,12-14,17H,8-11,15-16H2,1-3H3,(H,24,26). The van der Waals surface area contributed by atoms with Crippen LogP contribution in [-0.4, -0.2) is 44.2 Å². The van der Waals surface area contributed by atoms with Crippen LogP contribution < -0.4 is 14.8 Å². The lowest BCUT2D eigenvalue weighted by molar-refractivity contribution is -0.121. The number of hydrogen-bond acceptors (Lipinski definition) is 4. The van der Waals surface area contributed by atoms with E-state index in [1.54, 1.807) is 14.2 Å². The summed E-state index contributed by atoms with van der Waals surface area (Å²) in [5.74, 6) is 1.56. The molecule has 0 bridgehead atoms. The van der Waals surface area contributed by atoms with E-state index in [0.29, 0.717) is 25.4 Å². The Balaban J connectivity index is 1.46. The zero-order chi connectivity index (χ0) is 19.9. The van der Waals surface area contributed by atoms with Gasteiger partial charge in [-0.25, -0.2) is 0 Å². The molecule has 3 rings (SSSR count). The molecule has 0 saturated heterocycles. The van der Waals surface area contributed by atoms with Crippen LogP contribution in [0.2, 0.25) is 0 Å². The largest absolute Gasteiger partial charge is 0.497 e. The average molecular weight is 383 g/mol. The second-order valence-electron chi connectivity index (χ2n) is 7.36. The van der Waals surface area contributed by atoms with Crippen LogP contribution in [0.1, 0.15) is 30.0 Å². The van der Waals surface area contributed by atoms with Crippen molar-refractivity contribution in [2.45, 2.75) is 38.8 Å². The fraction of sp³-hybridized carbons (Fsp3) is 0.435. The van der Waals surface area contributed by atoms with Crippen molar-refractivity contribution in [3.8, 4) is 11.5 Å². The first-order valence-corrected chi connectivity index (χ1v) is 9.88. The van der Waals surface area contributed by atoms with Crippen molar-refractivity contribution in [2.24, 2.45) is 0 Å². The molecule has 0 fully saturated rings. The first kappa shape index (κ1) is 20.2. The quantitative estimate of drug-likeness (QED) is 0.762. The predicted molar refractivity (Wildman–Crippen MR) is 111 cm³/mol. The zero-order valence-electron chi connectivity index (χ0n) is 17.0. The summed E-state index contributed by atoms with van der Waals surface area (Å²) >= 11 is 0. The van der Waals surface area contributed by atoms with Crippen LogP contribution in [0.5, 0.6) is 11.5 Å². The Kier molecular flexibility index (Phi) is 6.93. The topological polar surface area (TPSA) is 50.8 Å². The highest BCUT2D eigenvalue weighted by Crippen LogP contribution is 2.23. The van der Waals surface area contributed by atoms with E-state index in [4.69, 9.17) is 9.47 Å². The smallest absolute Gasteiger partial charge is 0.220 e. The average Bonchev–Trinajstić information content (AvgIpc) is 2.75. The Labute approximate surface area is 167 Å². The fourth-order valence-electron chi connectivity index (χ4n) is 3.64. The zero-order valence-corrected chi connectivity index (χ0v) is 17.0. The lowest BCUT2D eigenvalue weighted by Crippen LogP contribution is -2.44. The Morgan fingerprint density at radius 2 is 1.79 bits per heavy atom. The molecule has 1 aliphatic heterocycles. The maximum Gasteiger partial charge on any atom is 0.220 e. The molecule has 5 heteroatoms. The summed E-state index contributed by atoms with van der Waals surface area (Å²) in [5.41, 5.74) is 3.88. The monoisotopic (exact) mass is 382 g/mol. The van der Waals surface area contributed by atoms with Gasteiger partial charge in [-0.1, -0.05) is 24.3 Å². The Hall–Kier alpha value is -2.53. The Morgan fingerprint density at radius 3 is 2.46 bits per heavy atom. The maximum atomic E-state index is 12.3. The van der Waals surface area contributed by atoms with Gasteiger partial charge in [-0.3, -0.25) is 9.69 Å². The van der Waals surface area contributed by atoms with Crippen LogP contribution in [0.25, 0.3) is 0 Å². The van der Waals surface area contributed by atoms with Gasteiger partial charge in [0.15, 0.2) is 0 Å². The van der Waals surface area contributed by atoms with E-state index in [-0.39, 0.29) is 5.91 Å². The molecule has 0 spiro atoms. The summed E-state index contributed by atoms with van der Waals surface area (Å²) in [6, 6.07) is 14.7. The first-order chi connectivity index (χ1) is 13.6. The molecule has 0 saturated carbocycles. The SMILES string of the molecule is COc1cc(CCC(=O)NCC(C)N2CCc3ccccc3C2)cc(OC)c1. The lowest BCUT2D eigenvalue weighted by atomic mass is 9.99. The lowest BCUT2D eigenvalue weighted by Gasteiger charge is -2.33. The van der Waals surface area contributed by atoms with Gasteiger partial charge in [0.25, 0.3) is 0 Å². The number of nitrogens with one attached hydrogen (secondary N) is 1. The molecule has 1 amide bonds. The Morgan fingerprint density at radius 1 is 1.11 bits per heavy atom. The van der Waals surface area contributed by atoms with Crippen molar-refractivity contribution >= 4 is 5.91 Å². The van der Waals surface area contributed by atoms with Crippen molar-refractivity contribution in [1.82, 2.24) is 10.2 Å². The molecule has 1 atom stereocenters. The summed E-state index contributed by atoms with van der Waals surface area (Å²) in [5, 5.41) is 3.09. The summed E-state index contributed by atoms with van der Waals surface area (Å²) in [6.07, 6.45) is 2.18. The summed E-state index contributed by atoms with van der Waals surface area (Å²) in [4.78, 5) is 14.8. The highest BCUT2D eigenvalue weighted by Gasteiger charge is 2.20. The highest BCUT2D eigenvalue weighted by molar-refractivity contribution is 5.76. The predicted octanol–water partition coefficient (Wildman–Crippen LogP) is 3.20. The number of carbonyl (C=O) groups excluding carboxylic acids is 1. The molecule has 1 heterocycles. The molecule has 1 aliphatic rings. The number of fused-ring (bicyclic) bond motifs is 1. The van der Waals surface area contributed by atoms with E-state index in [2.05, 4.69) is 41.4 Å². The minimum Gasteiger partial charge on any atom is -0.497 e. The molecule has 5 nitrogen and oxygen atoms in total. The third kappa shape index (κ3) is 5.26. The van der Waals surface area contributed by atoms with Crippen LogP contribution in [0, 0.1) is 0 Å². The van der Waals surface area contributed by atoms with Crippen LogP contribution >= 0.6 is 0 Å². The number of hydrogen-bond donors (Lipinski definition) is 1. The number of carbonyl (C=O) groups is 1. The maximum absolute atomic E-state index is 12.3. The number of ether oxygens (including phenoxy) is 2. The van der Waals surface area contributed by atoms with Crippen molar-refractivity contribution in [1.29, 1.82) is 0 Å². The number of aryl methyl sites for hydroxylation is 1. The molecule has 0 aromatic heterocycles. The number of nitrogens with zero attached hydrogens (tertiary/aromatic N) is 1. The van der Waals surface area contributed by atoms with Crippen molar-refractivity contribution < 1.29 is 14.3 Å². The van der Waals surface area contributed by atoms with Gasteiger partial charge < -0.3 is 14.8 Å². The molecule has 2 aromatic carbocycles. The number of methoxy groups -OCH3 is 2. The molecule has 150 valence electrons. The fourth-order valence-corrected chi connectivity index (χ4v) is 3.64. The van der Waals surface area contributed by atoms with Gasteiger partial charge in [0.1, 0.15) is 11.5 Å². The first-order valence-electron chi connectivity index (χ1n) is 9.88. The van der Waals surface area contributed by atoms with E-state index in [1.807, 2.05) is 18.2 Å². The van der Waals surface area contributed by atoms with Crippen LogP contribution in [0.4, 0.5) is 0 Å². The highest BCUT2D eigenvalue weighted by atomic mass is 16.5. The molecular formula is C23H30N2O3. The third-order valence-electron chi connectivity index (χ3n) is 5.43. The summed E-state index contributed by atoms with van der Waals surface area (Å²) in [7, 11) is 3.26. The van der Waals surface area contributed by atoms with E-state index in [1.165, 1.54) is 11.1 Å². The van der Waals surface area contributed by atoms with Crippen molar-refractivity contribution in [3.05, 3.63) is 59.2 Å². The second kappa shape index (κ2) is 9.60. The van der Waals surface area contributed by atoms with Crippen molar-refractivity contribution in [2.75, 3.05) is 27.3 Å². The van der Waals surface area contributed by atoms with Crippen LogP contribution in [0.15, 0.2) is 42.5 Å². The number of amides is 1. The number of rotatable bonds is 8. The Bertz CT molecular complexity index is 784. The molecular weight excluding hydrogens is 352 g/mol. The molecule has 28 heavy (non-hydrogen) atoms. The third-order valence-corrected chi connectivity index (χ3v) is 5.43.